The number of nitrogens with one attached hydrogen (secondary N) is 1. The first-order chi connectivity index (χ1) is 14.5. The van der Waals surface area contributed by atoms with E-state index >= 15 is 0 Å². The summed E-state index contributed by atoms with van der Waals surface area (Å²) in [5.74, 6) is 0.0503. The third-order valence-electron chi connectivity index (χ3n) is 4.51. The van der Waals surface area contributed by atoms with E-state index in [1.54, 1.807) is 19.2 Å². The average molecular weight is 456 g/mol. The van der Waals surface area contributed by atoms with Crippen molar-refractivity contribution in [3.8, 4) is 10.4 Å². The number of aromatic nitrogens is 2. The first kappa shape index (κ1) is 20.7. The van der Waals surface area contributed by atoms with Crippen molar-refractivity contribution in [1.29, 1.82) is 0 Å². The molecule has 1 amide bonds. The zero-order chi connectivity index (χ0) is 21.1. The Bertz CT molecular complexity index is 1250. The summed E-state index contributed by atoms with van der Waals surface area (Å²) in [6, 6.07) is 19.2. The number of thiophene rings is 1. The van der Waals surface area contributed by atoms with Crippen LogP contribution < -0.4 is 10.9 Å². The van der Waals surface area contributed by atoms with E-state index in [-0.39, 0.29) is 17.2 Å². The van der Waals surface area contributed by atoms with Gasteiger partial charge in [-0.2, -0.15) is 0 Å². The highest BCUT2D eigenvalue weighted by Gasteiger charge is 2.14. The van der Waals surface area contributed by atoms with Crippen molar-refractivity contribution in [2.45, 2.75) is 11.7 Å². The largest absolute Gasteiger partial charge is 0.351 e. The summed E-state index contributed by atoms with van der Waals surface area (Å²) >= 11 is 8.56. The van der Waals surface area contributed by atoms with E-state index in [1.807, 2.05) is 48.5 Å². The molecule has 0 aliphatic carbocycles. The number of benzene rings is 2. The van der Waals surface area contributed by atoms with Crippen LogP contribution in [-0.2, 0) is 18.4 Å². The Labute approximate surface area is 186 Å². The van der Waals surface area contributed by atoms with Crippen molar-refractivity contribution in [2.24, 2.45) is 7.05 Å². The maximum atomic E-state index is 12.8. The third-order valence-corrected chi connectivity index (χ3v) is 6.95. The fraction of sp³-hybridized carbons (Fsp3) is 0.136. The zero-order valence-electron chi connectivity index (χ0n) is 16.1. The van der Waals surface area contributed by atoms with Crippen LogP contribution in [-0.4, -0.2) is 21.2 Å². The molecule has 0 aliphatic rings. The fourth-order valence-corrected chi connectivity index (χ4v) is 4.90. The van der Waals surface area contributed by atoms with E-state index in [2.05, 4.69) is 10.3 Å². The maximum Gasteiger partial charge on any atom is 0.271 e. The van der Waals surface area contributed by atoms with E-state index in [4.69, 9.17) is 11.6 Å². The number of carbonyl (C=O) groups excluding carboxylic acids is 1. The van der Waals surface area contributed by atoms with Gasteiger partial charge in [0.15, 0.2) is 5.16 Å². The highest BCUT2D eigenvalue weighted by molar-refractivity contribution is 7.99. The predicted octanol–water partition coefficient (Wildman–Crippen LogP) is 4.72. The van der Waals surface area contributed by atoms with E-state index < -0.39 is 0 Å². The fourth-order valence-electron chi connectivity index (χ4n) is 2.89. The lowest BCUT2D eigenvalue weighted by atomic mass is 10.2. The Kier molecular flexibility index (Phi) is 6.22. The molecule has 8 heteroatoms. The first-order valence-corrected chi connectivity index (χ1v) is 11.4. The molecule has 0 aliphatic heterocycles. The van der Waals surface area contributed by atoms with Gasteiger partial charge in [-0.1, -0.05) is 65.8 Å². The second-order valence-corrected chi connectivity index (χ2v) is 9.07. The minimum atomic E-state index is -0.125. The van der Waals surface area contributed by atoms with Crippen LogP contribution in [0.3, 0.4) is 0 Å². The lowest BCUT2D eigenvalue weighted by Crippen LogP contribution is -2.25. The SMILES string of the molecule is Cn1c(SCC(=O)NCc2ccc(Cl)cc2)nc2cc(-c3ccccc3)sc2c1=O. The van der Waals surface area contributed by atoms with Gasteiger partial charge < -0.3 is 5.32 Å². The van der Waals surface area contributed by atoms with Crippen molar-refractivity contribution < 1.29 is 4.79 Å². The Hall–Kier alpha value is -2.61. The average Bonchev–Trinajstić information content (AvgIpc) is 3.20. The number of amides is 1. The highest BCUT2D eigenvalue weighted by atomic mass is 35.5. The highest BCUT2D eigenvalue weighted by Crippen LogP contribution is 2.31. The maximum absolute atomic E-state index is 12.8. The molecule has 0 saturated carbocycles. The van der Waals surface area contributed by atoms with Crippen molar-refractivity contribution in [1.82, 2.24) is 14.9 Å². The van der Waals surface area contributed by atoms with E-state index in [1.165, 1.54) is 27.7 Å². The summed E-state index contributed by atoms with van der Waals surface area (Å²) in [6.45, 7) is 0.424. The topological polar surface area (TPSA) is 64.0 Å². The number of halogens is 1. The first-order valence-electron chi connectivity index (χ1n) is 9.21. The minimum absolute atomic E-state index is 0.101. The van der Waals surface area contributed by atoms with Crippen LogP contribution in [0, 0.1) is 0 Å². The molecule has 2 aromatic carbocycles. The van der Waals surface area contributed by atoms with Crippen LogP contribution in [0.15, 0.2) is 70.6 Å². The Morgan fingerprint density at radius 1 is 1.17 bits per heavy atom. The molecule has 0 atom stereocenters. The quantitative estimate of drug-likeness (QED) is 0.337. The molecule has 0 saturated heterocycles. The second kappa shape index (κ2) is 9.04. The van der Waals surface area contributed by atoms with Crippen LogP contribution in [0.5, 0.6) is 0 Å². The number of hydrogen-bond acceptors (Lipinski definition) is 5. The van der Waals surface area contributed by atoms with Crippen molar-refractivity contribution in [3.63, 3.8) is 0 Å². The van der Waals surface area contributed by atoms with Gasteiger partial charge in [-0.25, -0.2) is 4.98 Å². The van der Waals surface area contributed by atoms with Crippen molar-refractivity contribution >= 4 is 50.8 Å². The zero-order valence-corrected chi connectivity index (χ0v) is 18.5. The van der Waals surface area contributed by atoms with Gasteiger partial charge in [-0.3, -0.25) is 14.2 Å². The van der Waals surface area contributed by atoms with Gasteiger partial charge >= 0.3 is 0 Å². The molecule has 0 bridgehead atoms. The summed E-state index contributed by atoms with van der Waals surface area (Å²) < 4.78 is 2.12. The molecular weight excluding hydrogens is 438 g/mol. The molecule has 4 aromatic rings. The van der Waals surface area contributed by atoms with E-state index in [0.717, 1.165) is 16.0 Å². The molecule has 2 aromatic heterocycles. The van der Waals surface area contributed by atoms with Gasteiger partial charge in [0.1, 0.15) is 4.70 Å². The summed E-state index contributed by atoms with van der Waals surface area (Å²) in [5, 5.41) is 4.05. The van der Waals surface area contributed by atoms with E-state index in [0.29, 0.717) is 26.9 Å². The van der Waals surface area contributed by atoms with Crippen LogP contribution in [0.25, 0.3) is 20.7 Å². The van der Waals surface area contributed by atoms with Crippen LogP contribution >= 0.6 is 34.7 Å². The number of fused-ring (bicyclic) bond motifs is 1. The van der Waals surface area contributed by atoms with Crippen molar-refractivity contribution in [2.75, 3.05) is 5.75 Å². The standard InChI is InChI=1S/C22H18ClN3O2S2/c1-26-21(28)20-17(11-18(30-20)15-5-3-2-4-6-15)25-22(26)29-13-19(27)24-12-14-7-9-16(23)10-8-14/h2-11H,12-13H2,1H3,(H,24,27). The van der Waals surface area contributed by atoms with Crippen LogP contribution in [0.2, 0.25) is 5.02 Å². The van der Waals surface area contributed by atoms with Gasteiger partial charge in [0.2, 0.25) is 5.91 Å². The summed E-state index contributed by atoms with van der Waals surface area (Å²) in [5.41, 5.74) is 2.58. The Morgan fingerprint density at radius 3 is 2.63 bits per heavy atom. The molecule has 0 fully saturated rings. The van der Waals surface area contributed by atoms with Crippen molar-refractivity contribution in [3.05, 3.63) is 81.6 Å². The number of rotatable bonds is 6. The molecule has 0 unspecified atom stereocenters. The molecule has 5 nitrogen and oxygen atoms in total. The second-order valence-electron chi connectivity index (χ2n) is 6.64. The van der Waals surface area contributed by atoms with Gasteiger partial charge in [-0.15, -0.1) is 11.3 Å². The monoisotopic (exact) mass is 455 g/mol. The number of nitrogens with zero attached hydrogens (tertiary/aromatic N) is 2. The number of thioether (sulfide) groups is 1. The molecule has 1 N–H and O–H groups in total. The van der Waals surface area contributed by atoms with Gasteiger partial charge in [-0.05, 0) is 29.3 Å². The predicted molar refractivity (Wildman–Crippen MR) is 124 cm³/mol. The lowest BCUT2D eigenvalue weighted by molar-refractivity contribution is -0.118. The molecule has 0 radical (unpaired) electrons. The number of carbonyl (C=O) groups is 1. The summed E-state index contributed by atoms with van der Waals surface area (Å²) in [6.07, 6.45) is 0. The van der Waals surface area contributed by atoms with Gasteiger partial charge in [0.25, 0.3) is 5.56 Å². The van der Waals surface area contributed by atoms with Gasteiger partial charge in [0.05, 0.1) is 11.3 Å². The molecule has 4 rings (SSSR count). The van der Waals surface area contributed by atoms with Crippen LogP contribution in [0.1, 0.15) is 5.56 Å². The Morgan fingerprint density at radius 2 is 1.90 bits per heavy atom. The van der Waals surface area contributed by atoms with Gasteiger partial charge in [0, 0.05) is 23.5 Å². The van der Waals surface area contributed by atoms with E-state index in [9.17, 15) is 9.59 Å². The lowest BCUT2D eigenvalue weighted by Gasteiger charge is -2.08. The number of hydrogen-bond donors (Lipinski definition) is 1. The smallest absolute Gasteiger partial charge is 0.271 e. The molecule has 152 valence electrons. The summed E-state index contributed by atoms with van der Waals surface area (Å²) in [7, 11) is 1.69. The molecule has 0 spiro atoms. The third kappa shape index (κ3) is 4.59. The molecule has 2 heterocycles. The minimum Gasteiger partial charge on any atom is -0.351 e. The molecular formula is C22H18ClN3O2S2. The summed E-state index contributed by atoms with van der Waals surface area (Å²) in [4.78, 5) is 30.6. The normalized spacial score (nSPS) is 11.0. The molecule has 30 heavy (non-hydrogen) atoms. The van der Waals surface area contributed by atoms with Crippen LogP contribution in [0.4, 0.5) is 0 Å². The Balaban J connectivity index is 1.47.